The van der Waals surface area contributed by atoms with Gasteiger partial charge >= 0.3 is 0 Å². The Labute approximate surface area is 124 Å². The highest BCUT2D eigenvalue weighted by Gasteiger charge is 2.36. The van der Waals surface area contributed by atoms with E-state index in [1.807, 2.05) is 6.07 Å². The molecule has 1 aromatic heterocycles. The first-order valence-corrected chi connectivity index (χ1v) is 7.83. The average molecular weight is 290 g/mol. The molecule has 0 bridgehead atoms. The average Bonchev–Trinajstić information content (AvgIpc) is 3.21. The van der Waals surface area contributed by atoms with Gasteiger partial charge in [-0.3, -0.25) is 9.59 Å². The van der Waals surface area contributed by atoms with Crippen LogP contribution < -0.4 is 5.32 Å². The van der Waals surface area contributed by atoms with E-state index in [0.29, 0.717) is 25.3 Å². The maximum atomic E-state index is 12.4. The normalized spacial score (nSPS) is 23.0. The molecule has 1 aliphatic carbocycles. The molecule has 2 fully saturated rings. The molecule has 1 N–H and O–H groups in total. The molecule has 0 spiro atoms. The zero-order valence-electron chi connectivity index (χ0n) is 12.2. The number of furan rings is 1. The Morgan fingerprint density at radius 3 is 2.86 bits per heavy atom. The van der Waals surface area contributed by atoms with Crippen LogP contribution in [0.5, 0.6) is 0 Å². The van der Waals surface area contributed by atoms with Gasteiger partial charge in [-0.05, 0) is 37.3 Å². The van der Waals surface area contributed by atoms with E-state index in [9.17, 15) is 9.59 Å². The standard InChI is InChI=1S/C16H22N2O3/c19-15-8-7-14(18(15)11-13-6-3-9-21-13)16(20)17-10-12-4-1-2-5-12/h3,6,9,12,14H,1-2,4-5,7-8,10-11H2,(H,17,20). The fourth-order valence-corrected chi connectivity index (χ4v) is 3.35. The molecule has 1 saturated heterocycles. The van der Waals surface area contributed by atoms with Gasteiger partial charge in [0.05, 0.1) is 12.8 Å². The molecule has 1 atom stereocenters. The van der Waals surface area contributed by atoms with E-state index in [1.165, 1.54) is 25.7 Å². The van der Waals surface area contributed by atoms with Crippen molar-refractivity contribution in [2.75, 3.05) is 6.54 Å². The molecule has 2 aliphatic rings. The second kappa shape index (κ2) is 6.33. The SMILES string of the molecule is O=C(NCC1CCCC1)C1CCC(=O)N1Cc1ccco1. The summed E-state index contributed by atoms with van der Waals surface area (Å²) in [6.07, 6.45) is 7.60. The Balaban J connectivity index is 1.56. The van der Waals surface area contributed by atoms with Crippen molar-refractivity contribution >= 4 is 11.8 Å². The number of nitrogens with zero attached hydrogens (tertiary/aromatic N) is 1. The number of hydrogen-bond donors (Lipinski definition) is 1. The van der Waals surface area contributed by atoms with Gasteiger partial charge in [0.25, 0.3) is 0 Å². The second-order valence-electron chi connectivity index (χ2n) is 6.05. The first-order chi connectivity index (χ1) is 10.2. The van der Waals surface area contributed by atoms with Crippen LogP contribution in [-0.4, -0.2) is 29.3 Å². The van der Waals surface area contributed by atoms with Crippen molar-refractivity contribution in [3.63, 3.8) is 0 Å². The number of amides is 2. The molecule has 5 nitrogen and oxygen atoms in total. The third-order valence-corrected chi connectivity index (χ3v) is 4.58. The first-order valence-electron chi connectivity index (χ1n) is 7.83. The van der Waals surface area contributed by atoms with Crippen LogP contribution in [0.25, 0.3) is 0 Å². The van der Waals surface area contributed by atoms with Gasteiger partial charge in [0.15, 0.2) is 0 Å². The lowest BCUT2D eigenvalue weighted by Crippen LogP contribution is -2.45. The molecule has 0 aromatic carbocycles. The van der Waals surface area contributed by atoms with E-state index in [2.05, 4.69) is 5.32 Å². The van der Waals surface area contributed by atoms with Gasteiger partial charge in [0, 0.05) is 13.0 Å². The maximum absolute atomic E-state index is 12.4. The van der Waals surface area contributed by atoms with E-state index in [1.54, 1.807) is 17.2 Å². The Kier molecular flexibility index (Phi) is 4.27. The molecule has 5 heteroatoms. The largest absolute Gasteiger partial charge is 0.467 e. The summed E-state index contributed by atoms with van der Waals surface area (Å²) in [6.45, 7) is 1.13. The zero-order chi connectivity index (χ0) is 14.7. The molecule has 2 amide bonds. The summed E-state index contributed by atoms with van der Waals surface area (Å²) >= 11 is 0. The highest BCUT2D eigenvalue weighted by molar-refractivity contribution is 5.90. The smallest absolute Gasteiger partial charge is 0.242 e. The second-order valence-corrected chi connectivity index (χ2v) is 6.05. The lowest BCUT2D eigenvalue weighted by atomic mass is 10.1. The summed E-state index contributed by atoms with van der Waals surface area (Å²) in [4.78, 5) is 26.0. The number of carbonyl (C=O) groups is 2. The molecular weight excluding hydrogens is 268 g/mol. The van der Waals surface area contributed by atoms with Gasteiger partial charge in [-0.2, -0.15) is 0 Å². The minimum absolute atomic E-state index is 0.0145. The van der Waals surface area contributed by atoms with E-state index in [-0.39, 0.29) is 17.9 Å². The van der Waals surface area contributed by atoms with Crippen molar-refractivity contribution in [2.24, 2.45) is 5.92 Å². The molecular formula is C16H22N2O3. The third-order valence-electron chi connectivity index (χ3n) is 4.58. The van der Waals surface area contributed by atoms with Gasteiger partial charge in [0.2, 0.25) is 11.8 Å². The summed E-state index contributed by atoms with van der Waals surface area (Å²) in [6, 6.07) is 3.29. The van der Waals surface area contributed by atoms with E-state index in [0.717, 1.165) is 12.3 Å². The molecule has 0 radical (unpaired) electrons. The van der Waals surface area contributed by atoms with Crippen LogP contribution in [-0.2, 0) is 16.1 Å². The van der Waals surface area contributed by atoms with Crippen molar-refractivity contribution in [1.29, 1.82) is 0 Å². The monoisotopic (exact) mass is 290 g/mol. The van der Waals surface area contributed by atoms with Crippen LogP contribution >= 0.6 is 0 Å². The van der Waals surface area contributed by atoms with Crippen LogP contribution in [0.4, 0.5) is 0 Å². The van der Waals surface area contributed by atoms with Crippen LogP contribution in [0.1, 0.15) is 44.3 Å². The van der Waals surface area contributed by atoms with E-state index < -0.39 is 0 Å². The fourth-order valence-electron chi connectivity index (χ4n) is 3.35. The molecule has 114 valence electrons. The Bertz CT molecular complexity index is 492. The zero-order valence-corrected chi connectivity index (χ0v) is 12.2. The summed E-state index contributed by atoms with van der Waals surface area (Å²) in [5.41, 5.74) is 0. The lowest BCUT2D eigenvalue weighted by Gasteiger charge is -2.23. The Morgan fingerprint density at radius 1 is 1.33 bits per heavy atom. The summed E-state index contributed by atoms with van der Waals surface area (Å²) in [7, 11) is 0. The van der Waals surface area contributed by atoms with Gasteiger partial charge in [0.1, 0.15) is 11.8 Å². The summed E-state index contributed by atoms with van der Waals surface area (Å²) in [5.74, 6) is 1.36. The topological polar surface area (TPSA) is 62.6 Å². The minimum Gasteiger partial charge on any atom is -0.467 e. The molecule has 3 rings (SSSR count). The quantitative estimate of drug-likeness (QED) is 0.903. The summed E-state index contributed by atoms with van der Waals surface area (Å²) in [5, 5.41) is 3.03. The number of hydrogen-bond acceptors (Lipinski definition) is 3. The number of rotatable bonds is 5. The van der Waals surface area contributed by atoms with Gasteiger partial charge in [-0.15, -0.1) is 0 Å². The number of likely N-dealkylation sites (tertiary alicyclic amines) is 1. The predicted octanol–water partition coefficient (Wildman–Crippen LogP) is 2.08. The molecule has 1 saturated carbocycles. The minimum atomic E-state index is -0.344. The molecule has 21 heavy (non-hydrogen) atoms. The van der Waals surface area contributed by atoms with Crippen LogP contribution in [0.2, 0.25) is 0 Å². The highest BCUT2D eigenvalue weighted by Crippen LogP contribution is 2.25. The maximum Gasteiger partial charge on any atom is 0.242 e. The van der Waals surface area contributed by atoms with E-state index >= 15 is 0 Å². The van der Waals surface area contributed by atoms with Crippen molar-refractivity contribution < 1.29 is 14.0 Å². The molecule has 1 aromatic rings. The van der Waals surface area contributed by atoms with Crippen LogP contribution in [0.15, 0.2) is 22.8 Å². The van der Waals surface area contributed by atoms with Crippen molar-refractivity contribution in [1.82, 2.24) is 10.2 Å². The number of carbonyl (C=O) groups excluding carboxylic acids is 2. The number of nitrogens with one attached hydrogen (secondary N) is 1. The van der Waals surface area contributed by atoms with Gasteiger partial charge in [-0.1, -0.05) is 12.8 Å². The first kappa shape index (κ1) is 14.2. The Morgan fingerprint density at radius 2 is 2.14 bits per heavy atom. The highest BCUT2D eigenvalue weighted by atomic mass is 16.3. The molecule has 1 unspecified atom stereocenters. The van der Waals surface area contributed by atoms with Crippen LogP contribution in [0.3, 0.4) is 0 Å². The molecule has 2 heterocycles. The fraction of sp³-hybridized carbons (Fsp3) is 0.625. The van der Waals surface area contributed by atoms with Crippen molar-refractivity contribution in [2.45, 2.75) is 51.1 Å². The Hall–Kier alpha value is -1.78. The predicted molar refractivity (Wildman–Crippen MR) is 77.2 cm³/mol. The van der Waals surface area contributed by atoms with Crippen molar-refractivity contribution in [3.05, 3.63) is 24.2 Å². The summed E-state index contributed by atoms with van der Waals surface area (Å²) < 4.78 is 5.29. The third kappa shape index (κ3) is 3.28. The van der Waals surface area contributed by atoms with E-state index in [4.69, 9.17) is 4.42 Å². The van der Waals surface area contributed by atoms with Crippen molar-refractivity contribution in [3.8, 4) is 0 Å². The van der Waals surface area contributed by atoms with Gasteiger partial charge < -0.3 is 14.6 Å². The van der Waals surface area contributed by atoms with Crippen LogP contribution in [0, 0.1) is 5.92 Å². The molecule has 1 aliphatic heterocycles. The lowest BCUT2D eigenvalue weighted by molar-refractivity contribution is -0.136. The van der Waals surface area contributed by atoms with Gasteiger partial charge in [-0.25, -0.2) is 0 Å².